The number of halogens is 2. The van der Waals surface area contributed by atoms with E-state index >= 15 is 0 Å². The Morgan fingerprint density at radius 3 is 2.36 bits per heavy atom. The summed E-state index contributed by atoms with van der Waals surface area (Å²) in [4.78, 5) is 8.25. The SMILES string of the molecule is C/C(=C\C(=O)OC(C)C)OP(=S)(Cl)Cl. The molecular formula is C7H11Cl2O3PS. The van der Waals surface area contributed by atoms with Crippen LogP contribution in [0.3, 0.4) is 0 Å². The fourth-order valence-electron chi connectivity index (χ4n) is 0.626. The summed E-state index contributed by atoms with van der Waals surface area (Å²) >= 11 is 15.6. The first-order valence-electron chi connectivity index (χ1n) is 3.78. The molecule has 14 heavy (non-hydrogen) atoms. The molecule has 7 heteroatoms. The van der Waals surface area contributed by atoms with Gasteiger partial charge in [0.05, 0.1) is 12.2 Å². The number of ether oxygens (including phenoxy) is 1. The van der Waals surface area contributed by atoms with Crippen LogP contribution in [0.1, 0.15) is 20.8 Å². The summed E-state index contributed by atoms with van der Waals surface area (Å²) in [7, 11) is 0. The number of carbonyl (C=O) groups is 1. The summed E-state index contributed by atoms with van der Waals surface area (Å²) in [6.45, 7) is 5.03. The van der Waals surface area contributed by atoms with E-state index in [2.05, 4.69) is 11.8 Å². The van der Waals surface area contributed by atoms with Crippen molar-refractivity contribution in [3.63, 3.8) is 0 Å². The molecule has 0 saturated heterocycles. The highest BCUT2D eigenvalue weighted by Gasteiger charge is 2.11. The maximum absolute atomic E-state index is 11.1. The zero-order valence-electron chi connectivity index (χ0n) is 7.99. The number of carbonyl (C=O) groups excluding carboxylic acids is 1. The molecule has 0 N–H and O–H groups in total. The molecule has 0 aliphatic rings. The van der Waals surface area contributed by atoms with E-state index in [0.29, 0.717) is 0 Å². The van der Waals surface area contributed by atoms with Crippen LogP contribution in [0, 0.1) is 0 Å². The fraction of sp³-hybridized carbons (Fsp3) is 0.571. The lowest BCUT2D eigenvalue weighted by Gasteiger charge is -2.09. The summed E-state index contributed by atoms with van der Waals surface area (Å²) in [5, 5.41) is 0. The summed E-state index contributed by atoms with van der Waals surface area (Å²) < 4.78 is 9.74. The smallest absolute Gasteiger partial charge is 0.334 e. The molecular weight excluding hydrogens is 266 g/mol. The predicted molar refractivity (Wildman–Crippen MR) is 62.1 cm³/mol. The van der Waals surface area contributed by atoms with Crippen LogP contribution in [0.2, 0.25) is 0 Å². The molecule has 0 atom stereocenters. The normalized spacial score (nSPS) is 12.9. The molecule has 0 aliphatic carbocycles. The van der Waals surface area contributed by atoms with Gasteiger partial charge in [-0.2, -0.15) is 0 Å². The highest BCUT2D eigenvalue weighted by molar-refractivity contribution is 8.36. The average Bonchev–Trinajstić information content (AvgIpc) is 1.77. The zero-order chi connectivity index (χ0) is 11.4. The Kier molecular flexibility index (Phi) is 6.06. The molecule has 0 saturated carbocycles. The molecule has 0 aliphatic heterocycles. The third-order valence-corrected chi connectivity index (χ3v) is 2.06. The van der Waals surface area contributed by atoms with Gasteiger partial charge < -0.3 is 9.26 Å². The van der Waals surface area contributed by atoms with E-state index in [1.165, 1.54) is 6.92 Å². The second-order valence-electron chi connectivity index (χ2n) is 2.75. The van der Waals surface area contributed by atoms with Crippen molar-refractivity contribution in [2.75, 3.05) is 0 Å². The number of hydrogen-bond acceptors (Lipinski definition) is 4. The van der Waals surface area contributed by atoms with E-state index < -0.39 is 10.9 Å². The van der Waals surface area contributed by atoms with E-state index in [9.17, 15) is 4.79 Å². The van der Waals surface area contributed by atoms with E-state index in [-0.39, 0.29) is 11.9 Å². The molecule has 3 nitrogen and oxygen atoms in total. The Hall–Kier alpha value is 0.240. The van der Waals surface area contributed by atoms with Crippen LogP contribution in [-0.2, 0) is 25.9 Å². The molecule has 0 aromatic heterocycles. The molecule has 0 unspecified atom stereocenters. The largest absolute Gasteiger partial charge is 0.460 e. The minimum absolute atomic E-state index is 0.179. The van der Waals surface area contributed by atoms with Gasteiger partial charge in [-0.25, -0.2) is 4.79 Å². The van der Waals surface area contributed by atoms with Crippen molar-refractivity contribution in [2.45, 2.75) is 26.9 Å². The minimum Gasteiger partial charge on any atom is -0.460 e. The van der Waals surface area contributed by atoms with Crippen molar-refractivity contribution in [1.29, 1.82) is 0 Å². The van der Waals surface area contributed by atoms with Gasteiger partial charge in [0.25, 0.3) is 4.97 Å². The van der Waals surface area contributed by atoms with Gasteiger partial charge in [0.15, 0.2) is 0 Å². The Morgan fingerprint density at radius 1 is 1.50 bits per heavy atom. The van der Waals surface area contributed by atoms with E-state index in [0.717, 1.165) is 6.08 Å². The van der Waals surface area contributed by atoms with Crippen LogP contribution < -0.4 is 0 Å². The number of rotatable bonds is 4. The van der Waals surface area contributed by atoms with Crippen molar-refractivity contribution in [3.8, 4) is 0 Å². The quantitative estimate of drug-likeness (QED) is 0.340. The Bertz CT molecular complexity index is 285. The lowest BCUT2D eigenvalue weighted by molar-refractivity contribution is -0.141. The maximum Gasteiger partial charge on any atom is 0.334 e. The third kappa shape index (κ3) is 8.82. The maximum atomic E-state index is 11.1. The summed E-state index contributed by atoms with van der Waals surface area (Å²) in [5.74, 6) is -0.252. The lowest BCUT2D eigenvalue weighted by atomic mass is 10.4. The number of esters is 1. The second-order valence-corrected chi connectivity index (χ2v) is 9.88. The topological polar surface area (TPSA) is 35.5 Å². The second kappa shape index (κ2) is 5.96. The molecule has 0 spiro atoms. The van der Waals surface area contributed by atoms with Crippen molar-refractivity contribution >= 4 is 45.2 Å². The summed E-state index contributed by atoms with van der Waals surface area (Å²) in [6, 6.07) is 0. The average molecular weight is 277 g/mol. The van der Waals surface area contributed by atoms with Crippen molar-refractivity contribution in [2.24, 2.45) is 0 Å². The van der Waals surface area contributed by atoms with Gasteiger partial charge in [-0.3, -0.25) is 0 Å². The first-order chi connectivity index (χ1) is 6.20. The lowest BCUT2D eigenvalue weighted by Crippen LogP contribution is -2.09. The van der Waals surface area contributed by atoms with Crippen molar-refractivity contribution < 1.29 is 14.1 Å². The Morgan fingerprint density at radius 2 is 2.00 bits per heavy atom. The first-order valence-corrected chi connectivity index (χ1v) is 8.31. The Labute approximate surface area is 98.0 Å². The van der Waals surface area contributed by atoms with E-state index in [4.69, 9.17) is 31.7 Å². The standard InChI is InChI=1S/C7H11Cl2O3PS/c1-5(2)11-7(10)4-6(3)12-13(8,9)14/h4-5H,1-3H3/b6-4+. The van der Waals surface area contributed by atoms with Gasteiger partial charge in [-0.05, 0) is 55.1 Å². The molecule has 0 aromatic rings. The highest BCUT2D eigenvalue weighted by atomic mass is 35.9. The van der Waals surface area contributed by atoms with Crippen LogP contribution in [0.4, 0.5) is 0 Å². The summed E-state index contributed by atoms with van der Waals surface area (Å²) in [6.07, 6.45) is 0.979. The fourth-order valence-corrected chi connectivity index (χ4v) is 2.02. The van der Waals surface area contributed by atoms with Crippen LogP contribution in [-0.4, -0.2) is 12.1 Å². The predicted octanol–water partition coefficient (Wildman–Crippen LogP) is 3.56. The van der Waals surface area contributed by atoms with E-state index in [1.807, 2.05) is 0 Å². The van der Waals surface area contributed by atoms with Crippen molar-refractivity contribution in [3.05, 3.63) is 11.8 Å². The van der Waals surface area contributed by atoms with Gasteiger partial charge in [0.2, 0.25) is 0 Å². The minimum atomic E-state index is -2.81. The number of allylic oxidation sites excluding steroid dienone is 1. The molecule has 0 rings (SSSR count). The van der Waals surface area contributed by atoms with Crippen LogP contribution in [0.15, 0.2) is 11.8 Å². The molecule has 0 radical (unpaired) electrons. The zero-order valence-corrected chi connectivity index (χ0v) is 11.2. The monoisotopic (exact) mass is 276 g/mol. The third-order valence-electron chi connectivity index (χ3n) is 0.923. The summed E-state index contributed by atoms with van der Waals surface area (Å²) in [5.41, 5.74) is 0. The van der Waals surface area contributed by atoms with Gasteiger partial charge in [-0.1, -0.05) is 0 Å². The number of hydrogen-bond donors (Lipinski definition) is 0. The van der Waals surface area contributed by atoms with Crippen LogP contribution >= 0.6 is 27.5 Å². The Balaban J connectivity index is 4.24. The van der Waals surface area contributed by atoms with Crippen LogP contribution in [0.5, 0.6) is 0 Å². The molecule has 0 bridgehead atoms. The van der Waals surface area contributed by atoms with Crippen LogP contribution in [0.25, 0.3) is 0 Å². The first kappa shape index (κ1) is 14.2. The highest BCUT2D eigenvalue weighted by Crippen LogP contribution is 2.59. The van der Waals surface area contributed by atoms with Gasteiger partial charge in [0, 0.05) is 0 Å². The van der Waals surface area contributed by atoms with Crippen molar-refractivity contribution in [1.82, 2.24) is 0 Å². The van der Waals surface area contributed by atoms with E-state index in [1.54, 1.807) is 13.8 Å². The van der Waals surface area contributed by atoms with Gasteiger partial charge in [-0.15, -0.1) is 0 Å². The molecule has 0 heterocycles. The molecule has 0 aromatic carbocycles. The van der Waals surface area contributed by atoms with Gasteiger partial charge >= 0.3 is 5.97 Å². The molecule has 0 amide bonds. The van der Waals surface area contributed by atoms with Gasteiger partial charge in [0.1, 0.15) is 5.76 Å². The molecule has 0 fully saturated rings. The molecule has 82 valence electrons.